The molecule has 2 aromatic carbocycles. The monoisotopic (exact) mass is 379 g/mol. The second-order valence-electron chi connectivity index (χ2n) is 6.63. The number of anilines is 1. The fraction of sp³-hybridized carbons (Fsp3) is 0.211. The van der Waals surface area contributed by atoms with Gasteiger partial charge in [-0.15, -0.1) is 4.40 Å². The molecule has 1 saturated heterocycles. The Balaban J connectivity index is 1.37. The molecule has 0 amide bonds. The Labute approximate surface area is 157 Å². The van der Waals surface area contributed by atoms with E-state index in [2.05, 4.69) is 36.3 Å². The van der Waals surface area contributed by atoms with Gasteiger partial charge in [-0.1, -0.05) is 12.1 Å². The molecular formula is C19H17N5O2S. The summed E-state index contributed by atoms with van der Waals surface area (Å²) in [5, 5.41) is 1.01. The van der Waals surface area contributed by atoms with E-state index in [4.69, 9.17) is 0 Å². The Morgan fingerprint density at radius 1 is 0.926 bits per heavy atom. The zero-order valence-electron chi connectivity index (χ0n) is 14.5. The van der Waals surface area contributed by atoms with E-state index in [9.17, 15) is 8.42 Å². The minimum absolute atomic E-state index is 0.303. The second kappa shape index (κ2) is 6.02. The lowest BCUT2D eigenvalue weighted by atomic mass is 10.1. The average Bonchev–Trinajstić information content (AvgIpc) is 2.99. The Hall–Kier alpha value is -3.00. The molecule has 5 rings (SSSR count). The first-order valence-corrected chi connectivity index (χ1v) is 10.2. The van der Waals surface area contributed by atoms with Gasteiger partial charge in [-0.05, 0) is 30.3 Å². The van der Waals surface area contributed by atoms with Gasteiger partial charge in [0.15, 0.2) is 5.84 Å². The summed E-state index contributed by atoms with van der Waals surface area (Å²) in [6, 6.07) is 13.2. The molecule has 0 atom stereocenters. The first kappa shape index (κ1) is 16.2. The zero-order chi connectivity index (χ0) is 18.4. The first-order chi connectivity index (χ1) is 13.1. The fourth-order valence-electron chi connectivity index (χ4n) is 3.66. The lowest BCUT2D eigenvalue weighted by Gasteiger charge is -2.37. The molecule has 0 radical (unpaired) electrons. The third kappa shape index (κ3) is 2.73. The van der Waals surface area contributed by atoms with E-state index in [0.29, 0.717) is 29.4 Å². The zero-order valence-corrected chi connectivity index (χ0v) is 15.3. The molecule has 27 heavy (non-hydrogen) atoms. The van der Waals surface area contributed by atoms with Crippen LogP contribution in [0.4, 0.5) is 5.69 Å². The van der Waals surface area contributed by atoms with Crippen LogP contribution >= 0.6 is 0 Å². The largest absolute Gasteiger partial charge is 0.368 e. The molecule has 1 fully saturated rings. The highest BCUT2D eigenvalue weighted by Crippen LogP contribution is 2.28. The molecule has 0 unspecified atom stereocenters. The van der Waals surface area contributed by atoms with Gasteiger partial charge in [-0.3, -0.25) is 0 Å². The van der Waals surface area contributed by atoms with Gasteiger partial charge in [0.1, 0.15) is 11.2 Å². The predicted molar refractivity (Wildman–Crippen MR) is 103 cm³/mol. The third-order valence-corrected chi connectivity index (χ3v) is 6.37. The molecule has 2 aliphatic heterocycles. The van der Waals surface area contributed by atoms with Crippen molar-refractivity contribution in [1.82, 2.24) is 14.9 Å². The van der Waals surface area contributed by atoms with Gasteiger partial charge in [0.05, 0.1) is 5.52 Å². The van der Waals surface area contributed by atoms with Crippen LogP contribution in [0.3, 0.4) is 0 Å². The number of amidine groups is 1. The van der Waals surface area contributed by atoms with Crippen molar-refractivity contribution in [2.75, 3.05) is 31.1 Å². The normalized spacial score (nSPS) is 18.4. The number of hydrogen-bond acceptors (Lipinski definition) is 6. The Morgan fingerprint density at radius 2 is 1.70 bits per heavy atom. The lowest BCUT2D eigenvalue weighted by Crippen LogP contribution is -2.48. The SMILES string of the molecule is O=S1(=O)N=C(N2CCN(c3ccc4ncncc4c3)CC2)c2ccccc21. The number of sulfonamides is 1. The standard InChI is InChI=1S/C19H17N5O2S/c25-27(26)18-4-2-1-3-16(18)19(22-27)24-9-7-23(8-10-24)15-5-6-17-14(11-15)12-20-13-21-17/h1-6,11-13H,7-10H2. The van der Waals surface area contributed by atoms with Crippen molar-refractivity contribution in [2.45, 2.75) is 4.90 Å². The van der Waals surface area contributed by atoms with Crippen molar-refractivity contribution in [3.8, 4) is 0 Å². The van der Waals surface area contributed by atoms with Crippen LogP contribution in [0.1, 0.15) is 5.56 Å². The van der Waals surface area contributed by atoms with Crippen molar-refractivity contribution in [2.24, 2.45) is 4.40 Å². The fourth-order valence-corrected chi connectivity index (χ4v) is 4.89. The highest BCUT2D eigenvalue weighted by Gasteiger charge is 2.32. The summed E-state index contributed by atoms with van der Waals surface area (Å²) >= 11 is 0. The summed E-state index contributed by atoms with van der Waals surface area (Å²) in [7, 11) is -3.58. The second-order valence-corrected chi connectivity index (χ2v) is 8.20. The van der Waals surface area contributed by atoms with Crippen LogP contribution in [-0.4, -0.2) is 55.3 Å². The van der Waals surface area contributed by atoms with Gasteiger partial charge < -0.3 is 9.80 Å². The summed E-state index contributed by atoms with van der Waals surface area (Å²) in [4.78, 5) is 13.0. The number of rotatable bonds is 1. The summed E-state index contributed by atoms with van der Waals surface area (Å²) in [6.07, 6.45) is 3.37. The van der Waals surface area contributed by atoms with Crippen molar-refractivity contribution in [3.05, 3.63) is 60.6 Å². The lowest BCUT2D eigenvalue weighted by molar-refractivity contribution is 0.387. The number of hydrogen-bond donors (Lipinski definition) is 0. The van der Waals surface area contributed by atoms with Crippen LogP contribution in [0, 0.1) is 0 Å². The molecule has 1 aromatic heterocycles. The summed E-state index contributed by atoms with van der Waals surface area (Å²) in [5.74, 6) is 0.567. The number of aromatic nitrogens is 2. The number of piperazine rings is 1. The Bertz CT molecular complexity index is 1170. The minimum atomic E-state index is -3.58. The molecule has 2 aliphatic rings. The van der Waals surface area contributed by atoms with Crippen molar-refractivity contribution < 1.29 is 8.42 Å². The Kier molecular flexibility index (Phi) is 3.61. The quantitative estimate of drug-likeness (QED) is 0.643. The van der Waals surface area contributed by atoms with Gasteiger partial charge >= 0.3 is 0 Å². The van der Waals surface area contributed by atoms with E-state index in [-0.39, 0.29) is 0 Å². The van der Waals surface area contributed by atoms with E-state index in [0.717, 1.165) is 29.7 Å². The number of benzene rings is 2. The summed E-state index contributed by atoms with van der Waals surface area (Å²) in [5.41, 5.74) is 2.75. The molecule has 0 spiro atoms. The minimum Gasteiger partial charge on any atom is -0.368 e. The van der Waals surface area contributed by atoms with Crippen LogP contribution in [0.5, 0.6) is 0 Å². The summed E-state index contributed by atoms with van der Waals surface area (Å²) in [6.45, 7) is 3.01. The molecule has 0 aliphatic carbocycles. The average molecular weight is 379 g/mol. The molecule has 3 heterocycles. The van der Waals surface area contributed by atoms with E-state index in [1.165, 1.54) is 0 Å². The van der Waals surface area contributed by atoms with Crippen LogP contribution in [0.25, 0.3) is 10.9 Å². The molecule has 0 bridgehead atoms. The topological polar surface area (TPSA) is 78.8 Å². The smallest absolute Gasteiger partial charge is 0.285 e. The van der Waals surface area contributed by atoms with Gasteiger partial charge in [0, 0.05) is 49.0 Å². The van der Waals surface area contributed by atoms with Gasteiger partial charge in [-0.25, -0.2) is 9.97 Å². The Morgan fingerprint density at radius 3 is 2.56 bits per heavy atom. The predicted octanol–water partition coefficient (Wildman–Crippen LogP) is 1.90. The third-order valence-electron chi connectivity index (χ3n) is 5.05. The van der Waals surface area contributed by atoms with Crippen LogP contribution in [0.2, 0.25) is 0 Å². The molecular weight excluding hydrogens is 362 g/mol. The van der Waals surface area contributed by atoms with Crippen molar-refractivity contribution >= 4 is 32.4 Å². The maximum absolute atomic E-state index is 12.3. The van der Waals surface area contributed by atoms with Crippen molar-refractivity contribution in [1.29, 1.82) is 0 Å². The highest BCUT2D eigenvalue weighted by atomic mass is 32.2. The maximum atomic E-state index is 12.3. The van der Waals surface area contributed by atoms with Gasteiger partial charge in [0.25, 0.3) is 10.0 Å². The molecule has 8 heteroatoms. The van der Waals surface area contributed by atoms with E-state index in [1.807, 2.05) is 24.4 Å². The highest BCUT2D eigenvalue weighted by molar-refractivity contribution is 7.90. The molecule has 0 saturated carbocycles. The van der Waals surface area contributed by atoms with Crippen LogP contribution in [-0.2, 0) is 10.0 Å². The molecule has 3 aromatic rings. The number of nitrogens with zero attached hydrogens (tertiary/aromatic N) is 5. The number of fused-ring (bicyclic) bond motifs is 2. The van der Waals surface area contributed by atoms with Gasteiger partial charge in [0.2, 0.25) is 0 Å². The van der Waals surface area contributed by atoms with E-state index in [1.54, 1.807) is 18.5 Å². The van der Waals surface area contributed by atoms with Crippen LogP contribution in [0.15, 0.2) is 64.3 Å². The molecule has 0 N–H and O–H groups in total. The molecule has 136 valence electrons. The summed E-state index contributed by atoms with van der Waals surface area (Å²) < 4.78 is 28.6. The molecule has 7 nitrogen and oxygen atoms in total. The van der Waals surface area contributed by atoms with Crippen LogP contribution < -0.4 is 4.90 Å². The maximum Gasteiger partial charge on any atom is 0.285 e. The van der Waals surface area contributed by atoms with Crippen molar-refractivity contribution in [3.63, 3.8) is 0 Å². The van der Waals surface area contributed by atoms with E-state index < -0.39 is 10.0 Å². The van der Waals surface area contributed by atoms with Gasteiger partial charge in [-0.2, -0.15) is 8.42 Å². The van der Waals surface area contributed by atoms with E-state index >= 15 is 0 Å². The first-order valence-electron chi connectivity index (χ1n) is 8.76.